The Labute approximate surface area is 172 Å². The molecule has 1 fully saturated rings. The third-order valence-electron chi connectivity index (χ3n) is 5.23. The predicted octanol–water partition coefficient (Wildman–Crippen LogP) is 3.99. The van der Waals surface area contributed by atoms with Gasteiger partial charge in [0.2, 0.25) is 11.8 Å². The number of imide groups is 1. The molecule has 1 atom stereocenters. The molecule has 0 saturated carbocycles. The number of hydrogen-bond donors (Lipinski definition) is 1. The minimum Gasteiger partial charge on any atom is -0.296 e. The van der Waals surface area contributed by atoms with E-state index in [4.69, 9.17) is 11.6 Å². The molecule has 0 spiro atoms. The van der Waals surface area contributed by atoms with E-state index in [9.17, 15) is 14.4 Å². The highest BCUT2D eigenvalue weighted by atomic mass is 35.5. The molecule has 1 N–H and O–H groups in total. The fraction of sp³-hybridized carbons (Fsp3) is 0.174. The average molecular weight is 407 g/mol. The summed E-state index contributed by atoms with van der Waals surface area (Å²) in [5.41, 5.74) is 4.06. The monoisotopic (exact) mass is 406 g/mol. The first-order chi connectivity index (χ1) is 14.0. The van der Waals surface area contributed by atoms with Gasteiger partial charge in [-0.2, -0.15) is 0 Å². The molecule has 3 aromatic rings. The van der Waals surface area contributed by atoms with E-state index in [0.29, 0.717) is 17.9 Å². The highest BCUT2D eigenvalue weighted by Gasteiger charge is 2.30. The molecule has 2 heterocycles. The Morgan fingerprint density at radius 2 is 1.86 bits per heavy atom. The Hall–Kier alpha value is -3.18. The summed E-state index contributed by atoms with van der Waals surface area (Å²) in [5.74, 6) is -1.00. The largest absolute Gasteiger partial charge is 0.296 e. The van der Waals surface area contributed by atoms with Crippen LogP contribution in [0.4, 0.5) is 0 Å². The number of hydrogen-bond acceptors (Lipinski definition) is 3. The first kappa shape index (κ1) is 19.2. The Kier molecular flexibility index (Phi) is 5.07. The molecule has 6 heteroatoms. The third kappa shape index (κ3) is 3.61. The van der Waals surface area contributed by atoms with Crippen molar-refractivity contribution in [3.63, 3.8) is 0 Å². The Morgan fingerprint density at radius 1 is 1.03 bits per heavy atom. The lowest BCUT2D eigenvalue weighted by atomic mass is 9.88. The van der Waals surface area contributed by atoms with E-state index in [0.717, 1.165) is 27.9 Å². The van der Waals surface area contributed by atoms with Gasteiger partial charge in [0.05, 0.1) is 16.6 Å². The lowest BCUT2D eigenvalue weighted by Gasteiger charge is -2.23. The molecule has 1 aromatic heterocycles. The molecule has 1 aliphatic rings. The maximum absolute atomic E-state index is 12.3. The van der Waals surface area contributed by atoms with Crippen molar-refractivity contribution < 1.29 is 9.59 Å². The third-order valence-corrected chi connectivity index (χ3v) is 5.65. The Bertz CT molecular complexity index is 1180. The standard InChI is InChI=1S/C23H19ClN2O3/c1-14-13-15(8-10-19(14)26-12-3-2-7-21(26)28)16-5-4-6-17(22(16)24)18-9-11-20(27)25-23(18)29/h2-8,10,12-13,18H,9,11H2,1H3,(H,25,27,29). The Morgan fingerprint density at radius 3 is 2.59 bits per heavy atom. The van der Waals surface area contributed by atoms with Gasteiger partial charge in [0.25, 0.3) is 5.56 Å². The molecule has 2 aromatic carbocycles. The second kappa shape index (κ2) is 7.68. The lowest BCUT2D eigenvalue weighted by Crippen LogP contribution is -2.39. The fourth-order valence-electron chi connectivity index (χ4n) is 3.75. The molecule has 4 rings (SSSR count). The van der Waals surface area contributed by atoms with E-state index in [1.807, 2.05) is 49.4 Å². The van der Waals surface area contributed by atoms with Crippen LogP contribution < -0.4 is 10.9 Å². The molecule has 2 amide bonds. The number of carbonyl (C=O) groups excluding carboxylic acids is 2. The highest BCUT2D eigenvalue weighted by molar-refractivity contribution is 6.34. The summed E-state index contributed by atoms with van der Waals surface area (Å²) < 4.78 is 1.60. The van der Waals surface area contributed by atoms with E-state index in [1.54, 1.807) is 16.8 Å². The summed E-state index contributed by atoms with van der Waals surface area (Å²) in [7, 11) is 0. The van der Waals surface area contributed by atoms with Gasteiger partial charge in [-0.1, -0.05) is 41.9 Å². The van der Waals surface area contributed by atoms with Crippen molar-refractivity contribution >= 4 is 23.4 Å². The quantitative estimate of drug-likeness (QED) is 0.669. The van der Waals surface area contributed by atoms with Crippen LogP contribution in [-0.2, 0) is 9.59 Å². The summed E-state index contributed by atoms with van der Waals surface area (Å²) in [4.78, 5) is 35.8. The van der Waals surface area contributed by atoms with Gasteiger partial charge in [-0.05, 0) is 48.2 Å². The van der Waals surface area contributed by atoms with Gasteiger partial charge in [0.15, 0.2) is 0 Å². The molecule has 5 nitrogen and oxygen atoms in total. The van der Waals surface area contributed by atoms with Gasteiger partial charge in [-0.25, -0.2) is 0 Å². The van der Waals surface area contributed by atoms with E-state index in [1.165, 1.54) is 6.07 Å². The van der Waals surface area contributed by atoms with Gasteiger partial charge in [0, 0.05) is 24.2 Å². The normalized spacial score (nSPS) is 16.6. The Balaban J connectivity index is 1.74. The van der Waals surface area contributed by atoms with Crippen LogP contribution in [0.2, 0.25) is 5.02 Å². The first-order valence-corrected chi connectivity index (χ1v) is 9.74. The van der Waals surface area contributed by atoms with Gasteiger partial charge in [0.1, 0.15) is 0 Å². The number of aromatic nitrogens is 1. The van der Waals surface area contributed by atoms with Crippen molar-refractivity contribution in [1.82, 2.24) is 9.88 Å². The van der Waals surface area contributed by atoms with E-state index in [2.05, 4.69) is 5.32 Å². The van der Waals surface area contributed by atoms with Crippen LogP contribution in [0, 0.1) is 6.92 Å². The second-order valence-electron chi connectivity index (χ2n) is 7.12. The minimum atomic E-state index is -0.441. The number of piperidine rings is 1. The molecular formula is C23H19ClN2O3. The number of aryl methyl sites for hydroxylation is 1. The van der Waals surface area contributed by atoms with Crippen LogP contribution in [0.5, 0.6) is 0 Å². The number of nitrogens with one attached hydrogen (secondary N) is 1. The van der Waals surface area contributed by atoms with Crippen LogP contribution in [-0.4, -0.2) is 16.4 Å². The molecule has 1 saturated heterocycles. The molecule has 0 aliphatic carbocycles. The summed E-state index contributed by atoms with van der Waals surface area (Å²) in [6.45, 7) is 1.94. The van der Waals surface area contributed by atoms with E-state index < -0.39 is 5.92 Å². The van der Waals surface area contributed by atoms with Gasteiger partial charge >= 0.3 is 0 Å². The number of carbonyl (C=O) groups is 2. The summed E-state index contributed by atoms with van der Waals surface area (Å²) in [5, 5.41) is 2.89. The molecule has 0 bridgehead atoms. The lowest BCUT2D eigenvalue weighted by molar-refractivity contribution is -0.134. The van der Waals surface area contributed by atoms with Crippen molar-refractivity contribution in [3.05, 3.63) is 87.3 Å². The number of rotatable bonds is 3. The maximum atomic E-state index is 12.3. The van der Waals surface area contributed by atoms with Gasteiger partial charge in [-0.3, -0.25) is 24.3 Å². The molecule has 0 radical (unpaired) electrons. The zero-order chi connectivity index (χ0) is 20.5. The molecule has 1 unspecified atom stereocenters. The van der Waals surface area contributed by atoms with Crippen molar-refractivity contribution in [2.45, 2.75) is 25.7 Å². The smallest absolute Gasteiger partial charge is 0.255 e. The van der Waals surface area contributed by atoms with Crippen LogP contribution in [0.3, 0.4) is 0 Å². The molecule has 146 valence electrons. The molecular weight excluding hydrogens is 388 g/mol. The number of halogens is 1. The van der Waals surface area contributed by atoms with E-state index in [-0.39, 0.29) is 17.4 Å². The summed E-state index contributed by atoms with van der Waals surface area (Å²) in [6, 6.07) is 16.4. The van der Waals surface area contributed by atoms with Crippen molar-refractivity contribution in [2.24, 2.45) is 0 Å². The van der Waals surface area contributed by atoms with Crippen LogP contribution in [0.1, 0.15) is 29.9 Å². The maximum Gasteiger partial charge on any atom is 0.255 e. The summed E-state index contributed by atoms with van der Waals surface area (Å²) in [6.07, 6.45) is 2.49. The van der Waals surface area contributed by atoms with E-state index >= 15 is 0 Å². The zero-order valence-electron chi connectivity index (χ0n) is 15.8. The minimum absolute atomic E-state index is 0.0961. The fourth-order valence-corrected chi connectivity index (χ4v) is 4.12. The molecule has 29 heavy (non-hydrogen) atoms. The van der Waals surface area contributed by atoms with Gasteiger partial charge < -0.3 is 0 Å². The molecule has 1 aliphatic heterocycles. The van der Waals surface area contributed by atoms with Crippen molar-refractivity contribution in [1.29, 1.82) is 0 Å². The predicted molar refractivity (Wildman–Crippen MR) is 112 cm³/mol. The number of amides is 2. The average Bonchev–Trinajstić information content (AvgIpc) is 2.69. The van der Waals surface area contributed by atoms with Gasteiger partial charge in [-0.15, -0.1) is 0 Å². The van der Waals surface area contributed by atoms with Crippen LogP contribution >= 0.6 is 11.6 Å². The zero-order valence-corrected chi connectivity index (χ0v) is 16.6. The number of pyridine rings is 1. The number of nitrogens with zero attached hydrogens (tertiary/aromatic N) is 1. The highest BCUT2D eigenvalue weighted by Crippen LogP contribution is 2.37. The topological polar surface area (TPSA) is 68.2 Å². The van der Waals surface area contributed by atoms with Crippen molar-refractivity contribution in [2.75, 3.05) is 0 Å². The first-order valence-electron chi connectivity index (χ1n) is 9.37. The SMILES string of the molecule is Cc1cc(-c2cccc(C3CCC(=O)NC3=O)c2Cl)ccc1-n1ccccc1=O. The summed E-state index contributed by atoms with van der Waals surface area (Å²) >= 11 is 6.69. The second-order valence-corrected chi connectivity index (χ2v) is 7.50. The number of benzene rings is 2. The van der Waals surface area contributed by atoms with Crippen LogP contribution in [0.25, 0.3) is 16.8 Å². The van der Waals surface area contributed by atoms with Crippen molar-refractivity contribution in [3.8, 4) is 16.8 Å². The van der Waals surface area contributed by atoms with Crippen LogP contribution in [0.15, 0.2) is 65.6 Å².